The van der Waals surface area contributed by atoms with Crippen LogP contribution >= 0.6 is 0 Å². The quantitative estimate of drug-likeness (QED) is 0.127. The Morgan fingerprint density at radius 3 is 1.12 bits per heavy atom. The Bertz CT molecular complexity index is 7010. The van der Waals surface area contributed by atoms with Gasteiger partial charge in [0.25, 0.3) is 0 Å². The van der Waals surface area contributed by atoms with Crippen molar-refractivity contribution in [1.82, 2.24) is 120 Å². The molecule has 0 N–H and O–H groups in total. The molecule has 0 unspecified atom stereocenters. The lowest BCUT2D eigenvalue weighted by molar-refractivity contribution is 1.19. The van der Waals surface area contributed by atoms with Gasteiger partial charge in [-0.3, -0.25) is 54.8 Å². The second-order valence-corrected chi connectivity index (χ2v) is 29.5. The third-order valence-corrected chi connectivity index (χ3v) is 21.2. The molecule has 0 spiro atoms. The van der Waals surface area contributed by atoms with Gasteiger partial charge in [0.1, 0.15) is 37.2 Å². The van der Waals surface area contributed by atoms with Crippen LogP contribution in [-0.4, -0.2) is 120 Å². The number of nitrogens with zero attached hydrogens (tertiary/aromatic N) is 24. The minimum atomic E-state index is 0.749. The largest absolute Gasteiger partial charge is 0.264 e. The zero-order valence-corrected chi connectivity index (χ0v) is 71.6. The molecule has 28 rings (SSSR count). The summed E-state index contributed by atoms with van der Waals surface area (Å²) in [6.07, 6.45) is 52.7. The Labute approximate surface area is 765 Å². The van der Waals surface area contributed by atoms with E-state index in [1.54, 1.807) is 118 Å². The molecule has 636 valence electrons. The van der Waals surface area contributed by atoms with E-state index in [1.807, 2.05) is 244 Å². The maximum Gasteiger partial charge on any atom is 0.163 e. The van der Waals surface area contributed by atoms with E-state index in [1.165, 1.54) is 54.8 Å². The smallest absolute Gasteiger partial charge is 0.163 e. The Balaban J connectivity index is 0.0000000991. The third kappa shape index (κ3) is 21.3. The number of fused-ring (bicyclic) bond motifs is 24. The molecule has 28 aromatic rings. The van der Waals surface area contributed by atoms with Gasteiger partial charge in [-0.15, -0.1) is 0 Å². The predicted octanol–water partition coefficient (Wildman–Crippen LogP) is 23.6. The molecule has 24 nitrogen and oxygen atoms in total. The van der Waals surface area contributed by atoms with Crippen LogP contribution in [0.25, 0.3) is 185 Å². The van der Waals surface area contributed by atoms with Gasteiger partial charge in [-0.05, 0) is 152 Å². The van der Waals surface area contributed by atoms with Crippen molar-refractivity contribution >= 4 is 185 Å². The molecule has 0 bridgehead atoms. The van der Waals surface area contributed by atoms with E-state index in [2.05, 4.69) is 217 Å². The average Bonchev–Trinajstić information content (AvgIpc) is 0.746. The van der Waals surface area contributed by atoms with Gasteiger partial charge in [0.05, 0.1) is 56.5 Å². The van der Waals surface area contributed by atoms with Gasteiger partial charge < -0.3 is 0 Å². The van der Waals surface area contributed by atoms with Crippen molar-refractivity contribution in [2.75, 3.05) is 0 Å². The summed E-state index contributed by atoms with van der Waals surface area (Å²) in [7, 11) is 0. The lowest BCUT2D eigenvalue weighted by Crippen LogP contribution is -1.86. The Kier molecular flexibility index (Phi) is 27.7. The minimum absolute atomic E-state index is 0.749. The highest BCUT2D eigenvalue weighted by molar-refractivity contribution is 6.24. The molecule has 0 fully saturated rings. The fourth-order valence-electron chi connectivity index (χ4n) is 14.8. The second kappa shape index (κ2) is 43.4. The van der Waals surface area contributed by atoms with E-state index in [-0.39, 0.29) is 0 Å². The molecule has 0 saturated heterocycles. The highest BCUT2D eigenvalue weighted by Gasteiger charge is 2.10. The van der Waals surface area contributed by atoms with E-state index >= 15 is 0 Å². The molecule has 19 aromatic heterocycles. The van der Waals surface area contributed by atoms with Crippen molar-refractivity contribution in [3.8, 4) is 0 Å². The number of hydrogen-bond donors (Lipinski definition) is 0. The third-order valence-electron chi connectivity index (χ3n) is 21.2. The van der Waals surface area contributed by atoms with Gasteiger partial charge >= 0.3 is 0 Å². The van der Waals surface area contributed by atoms with Crippen LogP contribution in [0.1, 0.15) is 0 Å². The topological polar surface area (TPSA) is 309 Å². The molecule has 0 aliphatic heterocycles. The van der Waals surface area contributed by atoms with E-state index in [4.69, 9.17) is 0 Å². The Morgan fingerprint density at radius 2 is 0.493 bits per heavy atom. The highest BCUT2D eigenvalue weighted by Crippen LogP contribution is 2.34. The first kappa shape index (κ1) is 85.7. The first-order chi connectivity index (χ1) is 66.5. The number of hydrogen-bond acceptors (Lipinski definition) is 24. The zero-order valence-electron chi connectivity index (χ0n) is 71.6. The van der Waals surface area contributed by atoms with Crippen LogP contribution < -0.4 is 0 Å². The SMILES string of the molecule is c1cc2ccncc2cn1.c1cc2cnccc2cn1.c1ccc2c(c1)c1ccccc1c1ncncc21.c1ccc2c(c1)ccc1cncnc12.c1ccc2c(c1)ccc1ncncc12.c1ccc2c(c1)cnc1cncnc12.c1ccc2c(c1)cnc1ncncc12.c1cnc2cccnc2c1.c1cnc2ccncc2c1.c1cnc2cnccc2c1.c1cnc2ncccc2c1. The summed E-state index contributed by atoms with van der Waals surface area (Å²) in [6, 6.07) is 92.8. The van der Waals surface area contributed by atoms with Crippen molar-refractivity contribution < 1.29 is 0 Å². The molecule has 0 aliphatic carbocycles. The van der Waals surface area contributed by atoms with Gasteiger partial charge in [-0.2, -0.15) is 0 Å². The molecule has 9 aromatic carbocycles. The molecule has 0 atom stereocenters. The molecule has 0 amide bonds. The lowest BCUT2D eigenvalue weighted by atomic mass is 9.98. The van der Waals surface area contributed by atoms with Crippen LogP contribution in [0.2, 0.25) is 0 Å². The summed E-state index contributed by atoms with van der Waals surface area (Å²) < 4.78 is 0. The van der Waals surface area contributed by atoms with Crippen molar-refractivity contribution in [2.45, 2.75) is 0 Å². The van der Waals surface area contributed by atoms with Crippen LogP contribution in [0.4, 0.5) is 0 Å². The minimum Gasteiger partial charge on any atom is -0.264 e. The molecule has 24 heteroatoms. The predicted molar refractivity (Wildman–Crippen MR) is 536 cm³/mol. The molecule has 0 saturated carbocycles. The fraction of sp³-hybridized carbons (Fsp3) is 0. The highest BCUT2D eigenvalue weighted by atomic mass is 14.9. The van der Waals surface area contributed by atoms with Crippen molar-refractivity contribution in [1.29, 1.82) is 0 Å². The maximum atomic E-state index is 4.45. The Morgan fingerprint density at radius 1 is 0.112 bits per heavy atom. The van der Waals surface area contributed by atoms with Gasteiger partial charge in [-0.1, -0.05) is 170 Å². The maximum absolute atomic E-state index is 4.45. The molecule has 19 heterocycles. The normalized spacial score (nSPS) is 10.5. The van der Waals surface area contributed by atoms with E-state index in [0.717, 1.165) is 136 Å². The summed E-state index contributed by atoms with van der Waals surface area (Å²) in [6.45, 7) is 0. The monoisotopic (exact) mass is 1730 g/mol. The summed E-state index contributed by atoms with van der Waals surface area (Å²) in [4.78, 5) is 98.5. The zero-order chi connectivity index (χ0) is 90.3. The van der Waals surface area contributed by atoms with Crippen molar-refractivity contribution in [3.63, 3.8) is 0 Å². The summed E-state index contributed by atoms with van der Waals surface area (Å²) in [5.74, 6) is 0. The van der Waals surface area contributed by atoms with Gasteiger partial charge in [0.15, 0.2) is 11.3 Å². The first-order valence-electron chi connectivity index (χ1n) is 42.4. The first-order valence-corrected chi connectivity index (χ1v) is 42.4. The number of aromatic nitrogens is 24. The van der Waals surface area contributed by atoms with Crippen LogP contribution in [0, 0.1) is 0 Å². The van der Waals surface area contributed by atoms with Crippen LogP contribution in [0.5, 0.6) is 0 Å². The second-order valence-electron chi connectivity index (χ2n) is 29.5. The Hall–Kier alpha value is -19.1. The molecule has 0 aliphatic rings. The van der Waals surface area contributed by atoms with Crippen molar-refractivity contribution in [3.05, 3.63) is 466 Å². The number of pyridine rings is 14. The average molecular weight is 1730 g/mol. The van der Waals surface area contributed by atoms with E-state index < -0.39 is 0 Å². The summed E-state index contributed by atoms with van der Waals surface area (Å²) in [5.41, 5.74) is 10.2. The van der Waals surface area contributed by atoms with Gasteiger partial charge in [0, 0.05) is 223 Å². The van der Waals surface area contributed by atoms with Gasteiger partial charge in [0.2, 0.25) is 0 Å². The summed E-state index contributed by atoms with van der Waals surface area (Å²) >= 11 is 0. The van der Waals surface area contributed by atoms with Crippen LogP contribution in [0.3, 0.4) is 0 Å². The van der Waals surface area contributed by atoms with E-state index in [9.17, 15) is 0 Å². The fourth-order valence-corrected chi connectivity index (χ4v) is 14.8. The number of benzene rings is 9. The van der Waals surface area contributed by atoms with E-state index in [0.29, 0.717) is 0 Å². The molecule has 134 heavy (non-hydrogen) atoms. The van der Waals surface area contributed by atoms with Gasteiger partial charge in [-0.25, -0.2) is 64.8 Å². The number of rotatable bonds is 0. The lowest BCUT2D eigenvalue weighted by Gasteiger charge is -2.08. The standard InChI is InChI=1S/C16H10N2.2C12H8N2.2C11H7N3.6C8H6N2/c1-2-7-13-11(5-1)12-6-3-4-8-14(12)16-15(13)9-17-10-18-16;1-2-4-11-9(3-1)5-6-10-7-13-8-14-12(10)11;1-2-4-10-9(3-1)5-6-12-11(10)7-13-8-14-12;1-2-4-9-8(3-1)5-13-10-6-12-7-14-11(9)10;1-2-4-9-8(3-1)5-13-11-10(9)6-12-7-14-11;1-3-9-6-8-2-4-10-5-7(1)8;1-3-9-5-8-6-10-4-2-7(1)8;1-3-7-8(9-5-1)4-2-6-10-7;1-3-7-4-2-6-10-8(7)9-5-1;1-2-7-6-9-5-3-8(7)10-4-1;1-2-7-3-5-9-6-8(7)10-4-1/h1-10H;2*1-8H;2*1-7H;6*1-6H. The molecule has 0 radical (unpaired) electrons. The molecular weight excluding hydrogens is 1660 g/mol. The van der Waals surface area contributed by atoms with Crippen LogP contribution in [0.15, 0.2) is 466 Å². The van der Waals surface area contributed by atoms with Crippen LogP contribution in [-0.2, 0) is 0 Å². The van der Waals surface area contributed by atoms with Crippen molar-refractivity contribution in [2.24, 2.45) is 0 Å². The summed E-state index contributed by atoms with van der Waals surface area (Å²) in [5, 5.41) is 26.5. The molecular formula is C110H76N24.